The lowest BCUT2D eigenvalue weighted by atomic mass is 10.2. The van der Waals surface area contributed by atoms with Crippen LogP contribution in [0.1, 0.15) is 16.1 Å². The number of amides is 1. The molecule has 3 heterocycles. The molecule has 0 bridgehead atoms. The van der Waals surface area contributed by atoms with Gasteiger partial charge in [-0.25, -0.2) is 4.68 Å². The molecule has 0 fully saturated rings. The summed E-state index contributed by atoms with van der Waals surface area (Å²) in [6, 6.07) is 7.24. The van der Waals surface area contributed by atoms with Crippen LogP contribution in [0.3, 0.4) is 0 Å². The molecule has 0 aliphatic carbocycles. The number of nitrogens with one attached hydrogen (secondary N) is 1. The highest BCUT2D eigenvalue weighted by molar-refractivity contribution is 5.92. The van der Waals surface area contributed by atoms with Crippen molar-refractivity contribution in [2.75, 3.05) is 7.05 Å². The van der Waals surface area contributed by atoms with Gasteiger partial charge in [0, 0.05) is 38.2 Å². The first kappa shape index (κ1) is 13.0. The fourth-order valence-corrected chi connectivity index (χ4v) is 1.98. The number of pyridine rings is 1. The van der Waals surface area contributed by atoms with Crippen LogP contribution < -0.4 is 0 Å². The van der Waals surface area contributed by atoms with Gasteiger partial charge in [0.25, 0.3) is 5.91 Å². The van der Waals surface area contributed by atoms with Crippen LogP contribution in [0.4, 0.5) is 0 Å². The molecule has 0 unspecified atom stereocenters. The van der Waals surface area contributed by atoms with Gasteiger partial charge in [0.15, 0.2) is 5.69 Å². The van der Waals surface area contributed by atoms with Gasteiger partial charge in [0.2, 0.25) is 0 Å². The number of H-pyrrole nitrogens is 1. The smallest absolute Gasteiger partial charge is 0.274 e. The Balaban J connectivity index is 1.73. The molecular weight excluding hydrogens is 268 g/mol. The van der Waals surface area contributed by atoms with Gasteiger partial charge < -0.3 is 4.90 Å². The van der Waals surface area contributed by atoms with E-state index in [2.05, 4.69) is 20.3 Å². The highest BCUT2D eigenvalue weighted by Crippen LogP contribution is 2.08. The first-order chi connectivity index (χ1) is 10.2. The van der Waals surface area contributed by atoms with Crippen LogP contribution in [-0.4, -0.2) is 42.8 Å². The minimum Gasteiger partial charge on any atom is -0.336 e. The molecule has 7 heteroatoms. The molecule has 0 aliphatic heterocycles. The first-order valence-corrected chi connectivity index (χ1v) is 6.44. The molecule has 21 heavy (non-hydrogen) atoms. The summed E-state index contributed by atoms with van der Waals surface area (Å²) in [4.78, 5) is 18.0. The Hall–Kier alpha value is -2.96. The van der Waals surface area contributed by atoms with Crippen molar-refractivity contribution in [3.05, 3.63) is 60.3 Å². The van der Waals surface area contributed by atoms with Gasteiger partial charge in [-0.05, 0) is 17.7 Å². The number of rotatable bonds is 4. The molecule has 0 spiro atoms. The monoisotopic (exact) mass is 282 g/mol. The molecule has 0 atom stereocenters. The van der Waals surface area contributed by atoms with E-state index in [0.717, 1.165) is 5.56 Å². The molecule has 0 saturated carbocycles. The van der Waals surface area contributed by atoms with Gasteiger partial charge in [-0.1, -0.05) is 6.07 Å². The maximum atomic E-state index is 12.3. The lowest BCUT2D eigenvalue weighted by Gasteiger charge is -2.15. The standard InChI is InChI=1S/C14H14N6O/c1-19(10-11-3-2-6-15-9-11)14(21)12-5-8-20(18-12)13-4-7-16-17-13/h2-9H,10H2,1H3,(H,16,17). The van der Waals surface area contributed by atoms with Crippen molar-refractivity contribution in [2.45, 2.75) is 6.54 Å². The van der Waals surface area contributed by atoms with Crippen LogP contribution in [0.2, 0.25) is 0 Å². The molecule has 0 aliphatic rings. The molecule has 0 saturated heterocycles. The van der Waals surface area contributed by atoms with Gasteiger partial charge in [-0.15, -0.1) is 0 Å². The number of hydrogen-bond donors (Lipinski definition) is 1. The SMILES string of the molecule is CN(Cc1cccnc1)C(=O)c1ccn(-c2ccn[nH]2)n1. The Kier molecular flexibility index (Phi) is 3.46. The molecule has 106 valence electrons. The number of hydrogen-bond acceptors (Lipinski definition) is 4. The van der Waals surface area contributed by atoms with Crippen LogP contribution in [0.25, 0.3) is 5.82 Å². The fourth-order valence-electron chi connectivity index (χ4n) is 1.98. The highest BCUT2D eigenvalue weighted by Gasteiger charge is 2.15. The summed E-state index contributed by atoms with van der Waals surface area (Å²) in [5.41, 5.74) is 1.36. The Morgan fingerprint density at radius 3 is 2.95 bits per heavy atom. The predicted octanol–water partition coefficient (Wildman–Crippen LogP) is 1.26. The van der Waals surface area contributed by atoms with Crippen molar-refractivity contribution in [3.8, 4) is 5.82 Å². The normalized spacial score (nSPS) is 10.5. The fraction of sp³-hybridized carbons (Fsp3) is 0.143. The number of aromatic amines is 1. The van der Waals surface area contributed by atoms with E-state index in [4.69, 9.17) is 0 Å². The Labute approximate surface area is 121 Å². The van der Waals surface area contributed by atoms with Crippen molar-refractivity contribution in [3.63, 3.8) is 0 Å². The van der Waals surface area contributed by atoms with Crippen molar-refractivity contribution < 1.29 is 4.79 Å². The minimum atomic E-state index is -0.142. The third-order valence-corrected chi connectivity index (χ3v) is 3.03. The average Bonchev–Trinajstić information content (AvgIpc) is 3.18. The summed E-state index contributed by atoms with van der Waals surface area (Å²) in [5.74, 6) is 0.570. The minimum absolute atomic E-state index is 0.142. The number of carbonyl (C=O) groups is 1. The summed E-state index contributed by atoms with van der Waals surface area (Å²) in [7, 11) is 1.74. The van der Waals surface area contributed by atoms with Gasteiger partial charge in [0.1, 0.15) is 5.82 Å². The van der Waals surface area contributed by atoms with E-state index in [-0.39, 0.29) is 5.91 Å². The zero-order chi connectivity index (χ0) is 14.7. The van der Waals surface area contributed by atoms with E-state index in [0.29, 0.717) is 18.1 Å². The van der Waals surface area contributed by atoms with Crippen LogP contribution in [0.5, 0.6) is 0 Å². The number of aromatic nitrogens is 5. The first-order valence-electron chi connectivity index (χ1n) is 6.44. The lowest BCUT2D eigenvalue weighted by Crippen LogP contribution is -2.26. The molecule has 3 aromatic heterocycles. The van der Waals surface area contributed by atoms with E-state index in [9.17, 15) is 4.79 Å². The molecular formula is C14H14N6O. The largest absolute Gasteiger partial charge is 0.336 e. The lowest BCUT2D eigenvalue weighted by molar-refractivity contribution is 0.0778. The second-order valence-electron chi connectivity index (χ2n) is 4.61. The predicted molar refractivity (Wildman–Crippen MR) is 75.7 cm³/mol. The van der Waals surface area contributed by atoms with Gasteiger partial charge in [0.05, 0.1) is 6.20 Å². The molecule has 3 aromatic rings. The molecule has 1 N–H and O–H groups in total. The zero-order valence-corrected chi connectivity index (χ0v) is 11.5. The zero-order valence-electron chi connectivity index (χ0n) is 11.5. The van der Waals surface area contributed by atoms with Crippen LogP contribution in [0.15, 0.2) is 49.1 Å². The maximum Gasteiger partial charge on any atom is 0.274 e. The third-order valence-electron chi connectivity index (χ3n) is 3.03. The van der Waals surface area contributed by atoms with Crippen molar-refractivity contribution in [2.24, 2.45) is 0 Å². The van der Waals surface area contributed by atoms with E-state index >= 15 is 0 Å². The van der Waals surface area contributed by atoms with Crippen molar-refractivity contribution in [1.29, 1.82) is 0 Å². The number of carbonyl (C=O) groups excluding carboxylic acids is 1. The van der Waals surface area contributed by atoms with E-state index in [1.807, 2.05) is 12.1 Å². The van der Waals surface area contributed by atoms with E-state index < -0.39 is 0 Å². The summed E-state index contributed by atoms with van der Waals surface area (Å²) in [5, 5.41) is 10.9. The van der Waals surface area contributed by atoms with E-state index in [1.165, 1.54) is 0 Å². The Morgan fingerprint density at radius 1 is 1.33 bits per heavy atom. The third kappa shape index (κ3) is 2.81. The van der Waals surface area contributed by atoms with E-state index in [1.54, 1.807) is 53.5 Å². The Morgan fingerprint density at radius 2 is 2.24 bits per heavy atom. The second kappa shape index (κ2) is 5.58. The summed E-state index contributed by atoms with van der Waals surface area (Å²) in [6.45, 7) is 0.490. The van der Waals surface area contributed by atoms with Gasteiger partial charge in [-0.2, -0.15) is 10.2 Å². The maximum absolute atomic E-state index is 12.3. The molecule has 0 radical (unpaired) electrons. The number of nitrogens with zero attached hydrogens (tertiary/aromatic N) is 5. The topological polar surface area (TPSA) is 79.7 Å². The van der Waals surface area contributed by atoms with Crippen molar-refractivity contribution >= 4 is 5.91 Å². The van der Waals surface area contributed by atoms with Crippen LogP contribution in [-0.2, 0) is 6.54 Å². The molecule has 1 amide bonds. The van der Waals surface area contributed by atoms with Crippen molar-refractivity contribution in [1.82, 2.24) is 29.9 Å². The molecule has 3 rings (SSSR count). The van der Waals surface area contributed by atoms with Crippen LogP contribution in [0, 0.1) is 0 Å². The Bertz CT molecular complexity index is 719. The molecule has 7 nitrogen and oxygen atoms in total. The van der Waals surface area contributed by atoms with Gasteiger partial charge in [-0.3, -0.25) is 14.9 Å². The highest BCUT2D eigenvalue weighted by atomic mass is 16.2. The average molecular weight is 282 g/mol. The van der Waals surface area contributed by atoms with Gasteiger partial charge >= 0.3 is 0 Å². The molecule has 0 aromatic carbocycles. The summed E-state index contributed by atoms with van der Waals surface area (Å²) in [6.07, 6.45) is 6.80. The summed E-state index contributed by atoms with van der Waals surface area (Å²) >= 11 is 0. The second-order valence-corrected chi connectivity index (χ2v) is 4.61. The summed E-state index contributed by atoms with van der Waals surface area (Å²) < 4.78 is 1.58. The van der Waals surface area contributed by atoms with Crippen LogP contribution >= 0.6 is 0 Å². The quantitative estimate of drug-likeness (QED) is 0.781.